The van der Waals surface area contributed by atoms with Crippen molar-refractivity contribution in [3.8, 4) is 0 Å². The van der Waals surface area contributed by atoms with E-state index in [0.29, 0.717) is 19.0 Å². The van der Waals surface area contributed by atoms with E-state index >= 15 is 0 Å². The van der Waals surface area contributed by atoms with E-state index in [-0.39, 0.29) is 17.5 Å². The van der Waals surface area contributed by atoms with Crippen LogP contribution < -0.4 is 5.32 Å². The first-order valence-corrected chi connectivity index (χ1v) is 6.79. The van der Waals surface area contributed by atoms with E-state index in [1.54, 1.807) is 0 Å². The Hall–Kier alpha value is -1.89. The van der Waals surface area contributed by atoms with E-state index in [0.717, 1.165) is 25.7 Å². The number of aromatic nitrogens is 2. The van der Waals surface area contributed by atoms with Gasteiger partial charge in [-0.3, -0.25) is 4.79 Å². The van der Waals surface area contributed by atoms with Crippen LogP contribution in [0.25, 0.3) is 0 Å². The van der Waals surface area contributed by atoms with Crippen molar-refractivity contribution in [2.24, 2.45) is 5.92 Å². The molecule has 0 radical (unpaired) electrons. The molecule has 3 rings (SSSR count). The predicted molar refractivity (Wildman–Crippen MR) is 68.1 cm³/mol. The van der Waals surface area contributed by atoms with E-state index in [1.807, 2.05) is 0 Å². The van der Waals surface area contributed by atoms with Gasteiger partial charge in [-0.1, -0.05) is 0 Å². The zero-order chi connectivity index (χ0) is 14.2. The molecule has 7 heteroatoms. The molecule has 0 aromatic carbocycles. The van der Waals surface area contributed by atoms with Crippen molar-refractivity contribution in [2.75, 3.05) is 13.2 Å². The first-order valence-electron chi connectivity index (χ1n) is 6.79. The number of aromatic amines is 1. The van der Waals surface area contributed by atoms with Crippen LogP contribution >= 0.6 is 0 Å². The first kappa shape index (κ1) is 13.1. The van der Waals surface area contributed by atoms with Crippen LogP contribution in [0.4, 0.5) is 0 Å². The second-order valence-corrected chi connectivity index (χ2v) is 5.44. The Balaban J connectivity index is 1.76. The minimum absolute atomic E-state index is 0.0320. The molecule has 0 spiro atoms. The van der Waals surface area contributed by atoms with Crippen LogP contribution in [0.5, 0.6) is 0 Å². The molecule has 7 nitrogen and oxygen atoms in total. The van der Waals surface area contributed by atoms with E-state index in [2.05, 4.69) is 15.3 Å². The zero-order valence-corrected chi connectivity index (χ0v) is 11.0. The van der Waals surface area contributed by atoms with Gasteiger partial charge in [-0.2, -0.15) is 0 Å². The van der Waals surface area contributed by atoms with Gasteiger partial charge >= 0.3 is 5.97 Å². The summed E-state index contributed by atoms with van der Waals surface area (Å²) in [6.07, 6.45) is 4.57. The molecule has 1 aliphatic heterocycles. The topological polar surface area (TPSA) is 104 Å². The molecule has 1 aromatic rings. The standard InChI is InChI=1S/C13H17N3O4/c17-10(8-2-5-20-7-8)16-13(3-1-4-13)12-14-6-9(15-12)11(18)19/h6,8H,1-5,7H2,(H,14,15)(H,16,17)(H,18,19). The van der Waals surface area contributed by atoms with E-state index in [1.165, 1.54) is 6.20 Å². The van der Waals surface area contributed by atoms with Crippen LogP contribution in [-0.2, 0) is 15.1 Å². The highest BCUT2D eigenvalue weighted by molar-refractivity contribution is 5.85. The molecule has 1 amide bonds. The molecule has 1 saturated carbocycles. The van der Waals surface area contributed by atoms with Crippen LogP contribution in [0.1, 0.15) is 42.0 Å². The van der Waals surface area contributed by atoms with Crippen molar-refractivity contribution in [3.05, 3.63) is 17.7 Å². The molecule has 1 unspecified atom stereocenters. The average Bonchev–Trinajstić information content (AvgIpc) is 3.03. The van der Waals surface area contributed by atoms with Crippen LogP contribution in [0.2, 0.25) is 0 Å². The van der Waals surface area contributed by atoms with Gasteiger partial charge in [0.05, 0.1) is 24.3 Å². The Bertz CT molecular complexity index is 529. The van der Waals surface area contributed by atoms with E-state index in [9.17, 15) is 9.59 Å². The quantitative estimate of drug-likeness (QED) is 0.750. The van der Waals surface area contributed by atoms with Gasteiger partial charge in [0.2, 0.25) is 5.91 Å². The number of aromatic carboxylic acids is 1. The zero-order valence-electron chi connectivity index (χ0n) is 11.0. The van der Waals surface area contributed by atoms with Crippen molar-refractivity contribution in [1.82, 2.24) is 15.3 Å². The normalized spacial score (nSPS) is 24.1. The lowest BCUT2D eigenvalue weighted by molar-refractivity contribution is -0.128. The highest BCUT2D eigenvalue weighted by Crippen LogP contribution is 2.40. The number of hydrogen-bond donors (Lipinski definition) is 3. The van der Waals surface area contributed by atoms with Crippen molar-refractivity contribution < 1.29 is 19.4 Å². The fraction of sp³-hybridized carbons (Fsp3) is 0.615. The summed E-state index contributed by atoms with van der Waals surface area (Å²) < 4.78 is 5.22. The van der Waals surface area contributed by atoms with Crippen LogP contribution in [0.15, 0.2) is 6.20 Å². The Morgan fingerprint density at radius 2 is 2.30 bits per heavy atom. The summed E-state index contributed by atoms with van der Waals surface area (Å²) in [5.41, 5.74) is -0.488. The van der Waals surface area contributed by atoms with Gasteiger partial charge in [0.15, 0.2) is 0 Å². The lowest BCUT2D eigenvalue weighted by Gasteiger charge is -2.41. The number of carbonyl (C=O) groups is 2. The SMILES string of the molecule is O=C(O)c1cnc(C2(NC(=O)C3CCOC3)CCC2)[nH]1. The fourth-order valence-corrected chi connectivity index (χ4v) is 2.70. The molecule has 20 heavy (non-hydrogen) atoms. The van der Waals surface area contributed by atoms with Crippen molar-refractivity contribution in [2.45, 2.75) is 31.2 Å². The molecule has 1 atom stereocenters. The predicted octanol–water partition coefficient (Wildman–Crippen LogP) is 0.640. The third-order valence-electron chi connectivity index (χ3n) is 4.13. The van der Waals surface area contributed by atoms with Crippen molar-refractivity contribution in [3.63, 3.8) is 0 Å². The summed E-state index contributed by atoms with van der Waals surface area (Å²) in [5, 5.41) is 12.0. The van der Waals surface area contributed by atoms with Crippen molar-refractivity contribution in [1.29, 1.82) is 0 Å². The Morgan fingerprint density at radius 3 is 2.80 bits per heavy atom. The van der Waals surface area contributed by atoms with E-state index in [4.69, 9.17) is 9.84 Å². The Labute approximate surface area is 115 Å². The summed E-state index contributed by atoms with van der Waals surface area (Å²) in [5.74, 6) is -0.654. The molecule has 3 N–H and O–H groups in total. The Morgan fingerprint density at radius 1 is 1.50 bits per heavy atom. The molecule has 1 saturated heterocycles. The van der Waals surface area contributed by atoms with Gasteiger partial charge in [-0.15, -0.1) is 0 Å². The largest absolute Gasteiger partial charge is 0.477 e. The smallest absolute Gasteiger partial charge is 0.353 e. The average molecular weight is 279 g/mol. The summed E-state index contributed by atoms with van der Waals surface area (Å²) >= 11 is 0. The number of nitrogens with zero attached hydrogens (tertiary/aromatic N) is 1. The number of amides is 1. The number of carboxylic acid groups (broad SMARTS) is 1. The minimum Gasteiger partial charge on any atom is -0.477 e. The molecule has 2 aliphatic rings. The summed E-state index contributed by atoms with van der Waals surface area (Å²) in [6.45, 7) is 1.08. The third-order valence-corrected chi connectivity index (χ3v) is 4.13. The molecule has 1 aliphatic carbocycles. The lowest BCUT2D eigenvalue weighted by Crippen LogP contribution is -2.53. The van der Waals surface area contributed by atoms with Crippen LogP contribution in [0, 0.1) is 5.92 Å². The maximum atomic E-state index is 12.2. The number of ether oxygens (including phenoxy) is 1. The van der Waals surface area contributed by atoms with Gasteiger partial charge in [-0.25, -0.2) is 9.78 Å². The molecule has 2 fully saturated rings. The van der Waals surface area contributed by atoms with Crippen molar-refractivity contribution >= 4 is 11.9 Å². The molecule has 2 heterocycles. The fourth-order valence-electron chi connectivity index (χ4n) is 2.70. The van der Waals surface area contributed by atoms with Gasteiger partial charge in [0.1, 0.15) is 11.5 Å². The number of nitrogens with one attached hydrogen (secondary N) is 2. The lowest BCUT2D eigenvalue weighted by atomic mass is 9.75. The first-order chi connectivity index (χ1) is 9.61. The molecule has 0 bridgehead atoms. The van der Waals surface area contributed by atoms with Gasteiger partial charge in [-0.05, 0) is 25.7 Å². The highest BCUT2D eigenvalue weighted by atomic mass is 16.5. The molecular weight excluding hydrogens is 262 g/mol. The van der Waals surface area contributed by atoms with E-state index < -0.39 is 11.5 Å². The Kier molecular flexibility index (Phi) is 3.21. The number of imidazole rings is 1. The number of carboxylic acids is 1. The number of carbonyl (C=O) groups excluding carboxylic acids is 1. The highest BCUT2D eigenvalue weighted by Gasteiger charge is 2.44. The minimum atomic E-state index is -1.05. The number of hydrogen-bond acceptors (Lipinski definition) is 4. The maximum Gasteiger partial charge on any atom is 0.353 e. The van der Waals surface area contributed by atoms with Crippen LogP contribution in [-0.4, -0.2) is 40.2 Å². The summed E-state index contributed by atoms with van der Waals surface area (Å²) in [4.78, 5) is 30.0. The third kappa shape index (κ3) is 2.18. The second-order valence-electron chi connectivity index (χ2n) is 5.44. The number of rotatable bonds is 4. The maximum absolute atomic E-state index is 12.2. The molecule has 108 valence electrons. The molecular formula is C13H17N3O4. The van der Waals surface area contributed by atoms with Gasteiger partial charge in [0, 0.05) is 6.61 Å². The van der Waals surface area contributed by atoms with Crippen LogP contribution in [0.3, 0.4) is 0 Å². The summed E-state index contributed by atoms with van der Waals surface area (Å²) in [6, 6.07) is 0. The summed E-state index contributed by atoms with van der Waals surface area (Å²) in [7, 11) is 0. The second kappa shape index (κ2) is 4.90. The molecule has 1 aromatic heterocycles. The van der Waals surface area contributed by atoms with Gasteiger partial charge in [0.25, 0.3) is 0 Å². The van der Waals surface area contributed by atoms with Gasteiger partial charge < -0.3 is 20.1 Å². The number of H-pyrrole nitrogens is 1. The monoisotopic (exact) mass is 279 g/mol.